The molecule has 86 valence electrons. The van der Waals surface area contributed by atoms with Crippen molar-refractivity contribution in [3.05, 3.63) is 29.8 Å². The summed E-state index contributed by atoms with van der Waals surface area (Å²) in [4.78, 5) is 12.5. The minimum Gasteiger partial charge on any atom is -0.481 e. The third-order valence-electron chi connectivity index (χ3n) is 2.77. The van der Waals surface area contributed by atoms with Crippen LogP contribution in [0.25, 0.3) is 0 Å². The second-order valence-electron chi connectivity index (χ2n) is 4.12. The predicted octanol–water partition coefficient (Wildman–Crippen LogP) is 0.885. The highest BCUT2D eigenvalue weighted by atomic mass is 16.4. The van der Waals surface area contributed by atoms with Crippen LogP contribution in [0.1, 0.15) is 12.0 Å². The smallest absolute Gasteiger partial charge is 0.303 e. The molecule has 1 aromatic rings. The van der Waals surface area contributed by atoms with Crippen LogP contribution in [0, 0.1) is 0 Å². The molecule has 0 unspecified atom stereocenters. The molecular weight excluding hydrogens is 206 g/mol. The summed E-state index contributed by atoms with van der Waals surface area (Å²) in [6.45, 7) is 1.34. The highest BCUT2D eigenvalue weighted by Crippen LogP contribution is 2.22. The van der Waals surface area contributed by atoms with Crippen molar-refractivity contribution in [1.82, 2.24) is 0 Å². The lowest BCUT2D eigenvalue weighted by atomic mass is 10.1. The molecule has 4 nitrogen and oxygen atoms in total. The molecule has 0 aliphatic carbocycles. The fourth-order valence-electron chi connectivity index (χ4n) is 1.83. The van der Waals surface area contributed by atoms with Gasteiger partial charge in [-0.2, -0.15) is 0 Å². The van der Waals surface area contributed by atoms with Crippen molar-refractivity contribution in [2.24, 2.45) is 0 Å². The molecule has 0 spiro atoms. The molecule has 4 heteroatoms. The molecule has 0 amide bonds. The van der Waals surface area contributed by atoms with Crippen LogP contribution < -0.4 is 4.90 Å². The maximum absolute atomic E-state index is 10.5. The van der Waals surface area contributed by atoms with Gasteiger partial charge in [0.25, 0.3) is 0 Å². The lowest BCUT2D eigenvalue weighted by molar-refractivity contribution is -0.136. The number of benzene rings is 1. The SMILES string of the molecule is O=C(O)CCc1cccc(N2CC(O)C2)c1. The van der Waals surface area contributed by atoms with Gasteiger partial charge in [0, 0.05) is 25.2 Å². The van der Waals surface area contributed by atoms with Gasteiger partial charge in [0.2, 0.25) is 0 Å². The first-order valence-electron chi connectivity index (χ1n) is 5.39. The van der Waals surface area contributed by atoms with Gasteiger partial charge < -0.3 is 15.1 Å². The zero-order valence-corrected chi connectivity index (χ0v) is 8.97. The zero-order valence-electron chi connectivity index (χ0n) is 8.97. The van der Waals surface area contributed by atoms with E-state index in [9.17, 15) is 9.90 Å². The van der Waals surface area contributed by atoms with Crippen molar-refractivity contribution in [3.8, 4) is 0 Å². The van der Waals surface area contributed by atoms with Crippen molar-refractivity contribution in [1.29, 1.82) is 0 Å². The second-order valence-corrected chi connectivity index (χ2v) is 4.12. The van der Waals surface area contributed by atoms with Gasteiger partial charge in [-0.1, -0.05) is 12.1 Å². The molecule has 2 N–H and O–H groups in total. The lowest BCUT2D eigenvalue weighted by Gasteiger charge is -2.38. The molecule has 1 heterocycles. The minimum atomic E-state index is -0.773. The van der Waals surface area contributed by atoms with Crippen molar-refractivity contribution >= 4 is 11.7 Å². The third-order valence-corrected chi connectivity index (χ3v) is 2.77. The highest BCUT2D eigenvalue weighted by Gasteiger charge is 2.24. The number of rotatable bonds is 4. The summed E-state index contributed by atoms with van der Waals surface area (Å²) in [7, 11) is 0. The van der Waals surface area contributed by atoms with E-state index in [4.69, 9.17) is 5.11 Å². The van der Waals surface area contributed by atoms with E-state index in [0.717, 1.165) is 11.3 Å². The number of carbonyl (C=O) groups is 1. The molecule has 16 heavy (non-hydrogen) atoms. The molecule has 2 rings (SSSR count). The first-order chi connectivity index (χ1) is 7.65. The van der Waals surface area contributed by atoms with Crippen LogP contribution in [0.2, 0.25) is 0 Å². The predicted molar refractivity (Wildman–Crippen MR) is 60.6 cm³/mol. The first-order valence-corrected chi connectivity index (χ1v) is 5.39. The Morgan fingerprint density at radius 1 is 1.44 bits per heavy atom. The van der Waals surface area contributed by atoms with E-state index >= 15 is 0 Å². The standard InChI is InChI=1S/C12H15NO3/c14-11-7-13(8-11)10-3-1-2-9(6-10)4-5-12(15)16/h1-3,6,11,14H,4-5,7-8H2,(H,15,16). The number of hydrogen-bond acceptors (Lipinski definition) is 3. The van der Waals surface area contributed by atoms with Crippen molar-refractivity contribution in [2.75, 3.05) is 18.0 Å². The minimum absolute atomic E-state index is 0.159. The Morgan fingerprint density at radius 3 is 2.81 bits per heavy atom. The summed E-state index contributed by atoms with van der Waals surface area (Å²) in [5.74, 6) is -0.773. The second kappa shape index (κ2) is 4.53. The number of carboxylic acid groups (broad SMARTS) is 1. The molecule has 1 fully saturated rings. The Bertz CT molecular complexity index is 386. The molecule has 0 bridgehead atoms. The first kappa shape index (κ1) is 11.0. The van der Waals surface area contributed by atoms with Gasteiger partial charge in [-0.3, -0.25) is 4.79 Å². The van der Waals surface area contributed by atoms with Gasteiger partial charge in [-0.15, -0.1) is 0 Å². The number of hydrogen-bond donors (Lipinski definition) is 2. The number of nitrogens with zero attached hydrogens (tertiary/aromatic N) is 1. The molecule has 0 radical (unpaired) electrons. The number of anilines is 1. The van der Waals surface area contributed by atoms with Gasteiger partial charge in [0.15, 0.2) is 0 Å². The fourth-order valence-corrected chi connectivity index (χ4v) is 1.83. The number of β-amino-alcohol motifs (C(OH)–C–C–N with tert-alkyl or cyclic N) is 1. The molecule has 0 aromatic heterocycles. The Morgan fingerprint density at radius 2 is 2.19 bits per heavy atom. The molecule has 0 atom stereocenters. The number of aliphatic hydroxyl groups excluding tert-OH is 1. The van der Waals surface area contributed by atoms with Gasteiger partial charge >= 0.3 is 5.97 Å². The van der Waals surface area contributed by atoms with Crippen LogP contribution in [0.15, 0.2) is 24.3 Å². The van der Waals surface area contributed by atoms with Crippen molar-refractivity contribution in [3.63, 3.8) is 0 Å². The maximum Gasteiger partial charge on any atom is 0.303 e. The molecule has 1 aromatic carbocycles. The van der Waals surface area contributed by atoms with Crippen LogP contribution in [0.5, 0.6) is 0 Å². The molecule has 1 aliphatic heterocycles. The van der Waals surface area contributed by atoms with Crippen molar-refractivity contribution in [2.45, 2.75) is 18.9 Å². The van der Waals surface area contributed by atoms with Crippen LogP contribution in [0.4, 0.5) is 5.69 Å². The van der Waals surface area contributed by atoms with Gasteiger partial charge in [-0.25, -0.2) is 0 Å². The number of carboxylic acids is 1. The van der Waals surface area contributed by atoms with E-state index in [2.05, 4.69) is 4.90 Å². The summed E-state index contributed by atoms with van der Waals surface area (Å²) in [6, 6.07) is 7.84. The van der Waals surface area contributed by atoms with Crippen molar-refractivity contribution < 1.29 is 15.0 Å². The van der Waals surface area contributed by atoms with Crippen LogP contribution >= 0.6 is 0 Å². The highest BCUT2D eigenvalue weighted by molar-refractivity contribution is 5.67. The Balaban J connectivity index is 1.99. The van der Waals surface area contributed by atoms with Gasteiger partial charge in [0.05, 0.1) is 6.10 Å². The van der Waals surface area contributed by atoms with Crippen LogP contribution in [-0.4, -0.2) is 35.4 Å². The number of aryl methyl sites for hydroxylation is 1. The van der Waals surface area contributed by atoms with E-state index in [0.29, 0.717) is 19.5 Å². The molecule has 0 saturated carbocycles. The largest absolute Gasteiger partial charge is 0.481 e. The normalized spacial score (nSPS) is 15.9. The Kier molecular flexibility index (Phi) is 3.10. The molecule has 1 aliphatic rings. The Labute approximate surface area is 94.1 Å². The third kappa shape index (κ3) is 2.52. The van der Waals surface area contributed by atoms with E-state index in [1.54, 1.807) is 0 Å². The lowest BCUT2D eigenvalue weighted by Crippen LogP contribution is -2.50. The average molecular weight is 221 g/mol. The Hall–Kier alpha value is -1.55. The number of aliphatic hydroxyl groups is 1. The summed E-state index contributed by atoms with van der Waals surface area (Å²) < 4.78 is 0. The number of aliphatic carboxylic acids is 1. The van der Waals surface area contributed by atoms with Crippen LogP contribution in [0.3, 0.4) is 0 Å². The monoisotopic (exact) mass is 221 g/mol. The zero-order chi connectivity index (χ0) is 11.5. The summed E-state index contributed by atoms with van der Waals surface area (Å²) >= 11 is 0. The molecular formula is C12H15NO3. The average Bonchev–Trinajstić information content (AvgIpc) is 2.22. The summed E-state index contributed by atoms with van der Waals surface area (Å²) in [5, 5.41) is 17.8. The van der Waals surface area contributed by atoms with E-state index in [1.165, 1.54) is 0 Å². The van der Waals surface area contributed by atoms with E-state index in [1.807, 2.05) is 24.3 Å². The van der Waals surface area contributed by atoms with Crippen LogP contribution in [-0.2, 0) is 11.2 Å². The van der Waals surface area contributed by atoms with E-state index < -0.39 is 5.97 Å². The van der Waals surface area contributed by atoms with Gasteiger partial charge in [-0.05, 0) is 24.1 Å². The topological polar surface area (TPSA) is 60.8 Å². The quantitative estimate of drug-likeness (QED) is 0.792. The summed E-state index contributed by atoms with van der Waals surface area (Å²) in [5.41, 5.74) is 2.09. The maximum atomic E-state index is 10.5. The molecule has 1 saturated heterocycles. The van der Waals surface area contributed by atoms with E-state index in [-0.39, 0.29) is 12.5 Å². The summed E-state index contributed by atoms with van der Waals surface area (Å²) in [6.07, 6.45) is 0.494. The van der Waals surface area contributed by atoms with Gasteiger partial charge in [0.1, 0.15) is 0 Å². The fraction of sp³-hybridized carbons (Fsp3) is 0.417.